The number of aliphatic hydroxyl groups excluding tert-OH is 1. The first-order valence-corrected chi connectivity index (χ1v) is 5.87. The predicted octanol–water partition coefficient (Wildman–Crippen LogP) is 1.49. The highest BCUT2D eigenvalue weighted by Gasteiger charge is 2.05. The van der Waals surface area contributed by atoms with Crippen molar-refractivity contribution in [3.05, 3.63) is 35.1 Å². The van der Waals surface area contributed by atoms with Crippen molar-refractivity contribution in [2.45, 2.75) is 32.5 Å². The van der Waals surface area contributed by atoms with E-state index in [9.17, 15) is 9.50 Å². The fourth-order valence-electron chi connectivity index (χ4n) is 1.68. The van der Waals surface area contributed by atoms with E-state index >= 15 is 0 Å². The number of hydrogen-bond acceptors (Lipinski definition) is 3. The van der Waals surface area contributed by atoms with Gasteiger partial charge in [-0.05, 0) is 32.0 Å². The normalized spacial score (nSPS) is 13.1. The van der Waals surface area contributed by atoms with Crippen LogP contribution in [0.25, 0.3) is 0 Å². The van der Waals surface area contributed by atoms with Gasteiger partial charge >= 0.3 is 0 Å². The number of rotatable bonds is 6. The monoisotopic (exact) mass is 240 g/mol. The van der Waals surface area contributed by atoms with Crippen LogP contribution in [0.3, 0.4) is 0 Å². The van der Waals surface area contributed by atoms with Crippen LogP contribution in [-0.4, -0.2) is 29.7 Å². The van der Waals surface area contributed by atoms with Crippen molar-refractivity contribution in [2.24, 2.45) is 5.73 Å². The van der Waals surface area contributed by atoms with Gasteiger partial charge in [0.25, 0.3) is 0 Å². The smallest absolute Gasteiger partial charge is 0.127 e. The number of hydrogen-bond donors (Lipinski definition) is 2. The molecule has 1 rings (SSSR count). The third kappa shape index (κ3) is 4.81. The van der Waals surface area contributed by atoms with Crippen LogP contribution >= 0.6 is 0 Å². The van der Waals surface area contributed by atoms with E-state index in [1.807, 2.05) is 7.05 Å². The van der Waals surface area contributed by atoms with E-state index < -0.39 is 0 Å². The average molecular weight is 240 g/mol. The minimum atomic E-state index is -0.287. The minimum Gasteiger partial charge on any atom is -0.393 e. The van der Waals surface area contributed by atoms with Gasteiger partial charge in [-0.2, -0.15) is 0 Å². The highest BCUT2D eigenvalue weighted by molar-refractivity contribution is 5.24. The maximum Gasteiger partial charge on any atom is 0.127 e. The van der Waals surface area contributed by atoms with Crippen molar-refractivity contribution in [3.8, 4) is 0 Å². The summed E-state index contributed by atoms with van der Waals surface area (Å²) in [6.07, 6.45) is 0.451. The lowest BCUT2D eigenvalue weighted by Crippen LogP contribution is -2.22. The maximum atomic E-state index is 13.2. The third-order valence-corrected chi connectivity index (χ3v) is 2.71. The van der Waals surface area contributed by atoms with Crippen LogP contribution in [0.1, 0.15) is 24.5 Å². The summed E-state index contributed by atoms with van der Waals surface area (Å²) in [6.45, 7) is 3.54. The Labute approximate surface area is 102 Å². The van der Waals surface area contributed by atoms with E-state index in [0.29, 0.717) is 5.56 Å². The molecule has 96 valence electrons. The van der Waals surface area contributed by atoms with Crippen molar-refractivity contribution < 1.29 is 9.50 Å². The lowest BCUT2D eigenvalue weighted by molar-refractivity contribution is 0.163. The van der Waals surface area contributed by atoms with Gasteiger partial charge in [0.2, 0.25) is 0 Å². The number of nitrogens with zero attached hydrogens (tertiary/aromatic N) is 1. The highest BCUT2D eigenvalue weighted by atomic mass is 19.1. The Bertz CT molecular complexity index is 355. The van der Waals surface area contributed by atoms with E-state index in [-0.39, 0.29) is 18.5 Å². The maximum absolute atomic E-state index is 13.2. The van der Waals surface area contributed by atoms with Gasteiger partial charge in [0, 0.05) is 25.2 Å². The average Bonchev–Trinajstić information content (AvgIpc) is 2.29. The summed E-state index contributed by atoms with van der Waals surface area (Å²) in [4.78, 5) is 2.10. The molecule has 0 saturated heterocycles. The van der Waals surface area contributed by atoms with Crippen molar-refractivity contribution in [1.29, 1.82) is 0 Å². The molecule has 0 radical (unpaired) electrons. The molecule has 1 unspecified atom stereocenters. The fraction of sp³-hybridized carbons (Fsp3) is 0.538. The van der Waals surface area contributed by atoms with Crippen LogP contribution in [0.15, 0.2) is 18.2 Å². The number of nitrogens with two attached hydrogens (primary N) is 1. The molecule has 4 heteroatoms. The molecule has 0 aromatic heterocycles. The molecule has 0 heterocycles. The SMILES string of the molecule is CC(O)CCN(C)Cc1ccc(F)c(CN)c1. The van der Waals surface area contributed by atoms with Gasteiger partial charge in [-0.3, -0.25) is 0 Å². The second-order valence-electron chi connectivity index (χ2n) is 4.51. The Morgan fingerprint density at radius 1 is 1.47 bits per heavy atom. The van der Waals surface area contributed by atoms with Gasteiger partial charge in [-0.15, -0.1) is 0 Å². The lowest BCUT2D eigenvalue weighted by atomic mass is 10.1. The zero-order valence-corrected chi connectivity index (χ0v) is 10.5. The van der Waals surface area contributed by atoms with E-state index in [1.54, 1.807) is 19.1 Å². The molecule has 0 bridgehead atoms. The molecule has 0 aliphatic heterocycles. The van der Waals surface area contributed by atoms with Crippen LogP contribution < -0.4 is 5.73 Å². The van der Waals surface area contributed by atoms with E-state index in [0.717, 1.165) is 25.1 Å². The Kier molecular flexibility index (Phi) is 5.55. The molecule has 0 aliphatic carbocycles. The molecule has 0 spiro atoms. The molecule has 0 fully saturated rings. The minimum absolute atomic E-state index is 0.219. The summed E-state index contributed by atoms with van der Waals surface area (Å²) in [7, 11) is 1.98. The van der Waals surface area contributed by atoms with Gasteiger partial charge < -0.3 is 15.7 Å². The van der Waals surface area contributed by atoms with Crippen LogP contribution in [-0.2, 0) is 13.1 Å². The van der Waals surface area contributed by atoms with Gasteiger partial charge in [0.15, 0.2) is 0 Å². The third-order valence-electron chi connectivity index (χ3n) is 2.71. The van der Waals surface area contributed by atoms with Crippen LogP contribution in [0.4, 0.5) is 4.39 Å². The number of benzene rings is 1. The van der Waals surface area contributed by atoms with Gasteiger partial charge in [-0.25, -0.2) is 4.39 Å². The number of halogens is 1. The summed E-state index contributed by atoms with van der Waals surface area (Å²) in [6, 6.07) is 5.03. The van der Waals surface area contributed by atoms with Gasteiger partial charge in [-0.1, -0.05) is 12.1 Å². The van der Waals surface area contributed by atoms with Crippen LogP contribution in [0, 0.1) is 5.82 Å². The van der Waals surface area contributed by atoms with Crippen molar-refractivity contribution in [3.63, 3.8) is 0 Å². The molecular formula is C13H21FN2O. The standard InChI is InChI=1S/C13H21FN2O/c1-10(17)5-6-16(2)9-11-3-4-13(14)12(7-11)8-15/h3-4,7,10,17H,5-6,8-9,15H2,1-2H3. The van der Waals surface area contributed by atoms with Crippen LogP contribution in [0.2, 0.25) is 0 Å². The Balaban J connectivity index is 2.56. The molecule has 1 aromatic carbocycles. The van der Waals surface area contributed by atoms with E-state index in [2.05, 4.69) is 4.90 Å². The van der Waals surface area contributed by atoms with Crippen molar-refractivity contribution in [1.82, 2.24) is 4.90 Å². The summed E-state index contributed by atoms with van der Waals surface area (Å²) in [5.74, 6) is -0.247. The molecular weight excluding hydrogens is 219 g/mol. The first kappa shape index (κ1) is 14.1. The molecule has 0 saturated carbocycles. The van der Waals surface area contributed by atoms with Crippen molar-refractivity contribution in [2.75, 3.05) is 13.6 Å². The molecule has 0 aliphatic rings. The predicted molar refractivity (Wildman–Crippen MR) is 66.9 cm³/mol. The Morgan fingerprint density at radius 3 is 2.76 bits per heavy atom. The molecule has 1 aromatic rings. The summed E-state index contributed by atoms with van der Waals surface area (Å²) in [5.41, 5.74) is 7.05. The zero-order chi connectivity index (χ0) is 12.8. The second kappa shape index (κ2) is 6.69. The zero-order valence-electron chi connectivity index (χ0n) is 10.5. The molecule has 17 heavy (non-hydrogen) atoms. The van der Waals surface area contributed by atoms with E-state index in [1.165, 1.54) is 6.07 Å². The first-order chi connectivity index (χ1) is 8.02. The van der Waals surface area contributed by atoms with Gasteiger partial charge in [0.1, 0.15) is 5.82 Å². The summed E-state index contributed by atoms with van der Waals surface area (Å²) in [5, 5.41) is 9.19. The summed E-state index contributed by atoms with van der Waals surface area (Å²) < 4.78 is 13.2. The largest absolute Gasteiger partial charge is 0.393 e. The lowest BCUT2D eigenvalue weighted by Gasteiger charge is -2.18. The van der Waals surface area contributed by atoms with Crippen molar-refractivity contribution >= 4 is 0 Å². The van der Waals surface area contributed by atoms with E-state index in [4.69, 9.17) is 5.73 Å². The quantitative estimate of drug-likeness (QED) is 0.792. The van der Waals surface area contributed by atoms with Crippen LogP contribution in [0.5, 0.6) is 0 Å². The fourth-order valence-corrected chi connectivity index (χ4v) is 1.68. The van der Waals surface area contributed by atoms with Gasteiger partial charge in [0.05, 0.1) is 6.10 Å². The Morgan fingerprint density at radius 2 is 2.18 bits per heavy atom. The summed E-state index contributed by atoms with van der Waals surface area (Å²) >= 11 is 0. The molecule has 3 N–H and O–H groups in total. The highest BCUT2D eigenvalue weighted by Crippen LogP contribution is 2.11. The molecule has 3 nitrogen and oxygen atoms in total. The topological polar surface area (TPSA) is 49.5 Å². The molecule has 0 amide bonds. The first-order valence-electron chi connectivity index (χ1n) is 5.87. The Hall–Kier alpha value is -0.970. The molecule has 1 atom stereocenters. The number of aliphatic hydroxyl groups is 1. The second-order valence-corrected chi connectivity index (χ2v) is 4.51.